The van der Waals surface area contributed by atoms with Gasteiger partial charge in [-0.15, -0.1) is 0 Å². The molecule has 0 atom stereocenters. The molecule has 0 unspecified atom stereocenters. The number of nitrogens with one attached hydrogen (secondary N) is 1. The number of rotatable bonds is 8. The van der Waals surface area contributed by atoms with Gasteiger partial charge in [0.1, 0.15) is 5.82 Å². The molecule has 1 aromatic rings. The largest absolute Gasteiger partial charge is 0.367 e. The quantitative estimate of drug-likeness (QED) is 0.653. The van der Waals surface area contributed by atoms with Gasteiger partial charge in [0, 0.05) is 45.1 Å². The molecule has 2 fully saturated rings. The number of benzene rings is 1. The first-order valence-electron chi connectivity index (χ1n) is 11.4. The number of nitrogens with zero attached hydrogens (tertiary/aromatic N) is 3. The van der Waals surface area contributed by atoms with Gasteiger partial charge in [-0.3, -0.25) is 9.69 Å². The fourth-order valence-electron chi connectivity index (χ4n) is 4.67. The van der Waals surface area contributed by atoms with Gasteiger partial charge in [0.25, 0.3) is 0 Å². The van der Waals surface area contributed by atoms with Crippen molar-refractivity contribution in [2.45, 2.75) is 64.3 Å². The van der Waals surface area contributed by atoms with Crippen molar-refractivity contribution in [2.75, 3.05) is 37.6 Å². The van der Waals surface area contributed by atoms with Crippen molar-refractivity contribution in [2.24, 2.45) is 5.92 Å². The van der Waals surface area contributed by atoms with E-state index in [1.54, 1.807) is 6.07 Å². The molecule has 1 saturated carbocycles. The van der Waals surface area contributed by atoms with Gasteiger partial charge in [0.2, 0.25) is 5.91 Å². The van der Waals surface area contributed by atoms with E-state index in [0.717, 1.165) is 62.7 Å². The number of carbonyl (C=O) groups excluding carboxylic acids is 1. The SMILES string of the molecule is Cc1ccc(N2CCN(CC[C@H]3CC[C@H](NC(=O)CCCC#N)CC3)CC2)c(F)c1. The fourth-order valence-corrected chi connectivity index (χ4v) is 4.67. The maximum absolute atomic E-state index is 14.2. The summed E-state index contributed by atoms with van der Waals surface area (Å²) in [7, 11) is 0. The lowest BCUT2D eigenvalue weighted by molar-refractivity contribution is -0.122. The third-order valence-corrected chi connectivity index (χ3v) is 6.57. The summed E-state index contributed by atoms with van der Waals surface area (Å²) < 4.78 is 14.2. The standard InChI is InChI=1S/C24H35FN4O/c1-19-5-10-23(22(25)18-19)29-16-14-28(15-17-29)13-11-20-6-8-21(9-7-20)27-24(30)4-2-3-12-26/h5,10,18,20-21H,2-4,6-9,11,13-17H2,1H3,(H,27,30)/t20-,21-. The maximum Gasteiger partial charge on any atom is 0.220 e. The summed E-state index contributed by atoms with van der Waals surface area (Å²) in [5.41, 5.74) is 1.69. The lowest BCUT2D eigenvalue weighted by Gasteiger charge is -2.37. The van der Waals surface area contributed by atoms with E-state index in [1.807, 2.05) is 19.1 Å². The van der Waals surface area contributed by atoms with E-state index in [1.165, 1.54) is 19.3 Å². The zero-order chi connectivity index (χ0) is 21.3. The summed E-state index contributed by atoms with van der Waals surface area (Å²) in [6.07, 6.45) is 7.27. The number of hydrogen-bond donors (Lipinski definition) is 1. The molecule has 1 N–H and O–H groups in total. The van der Waals surface area contributed by atoms with Crippen LogP contribution in [0, 0.1) is 30.0 Å². The molecule has 30 heavy (non-hydrogen) atoms. The van der Waals surface area contributed by atoms with E-state index in [4.69, 9.17) is 5.26 Å². The number of amides is 1. The highest BCUT2D eigenvalue weighted by Gasteiger charge is 2.24. The van der Waals surface area contributed by atoms with Crippen LogP contribution in [0.1, 0.15) is 56.9 Å². The lowest BCUT2D eigenvalue weighted by atomic mass is 9.84. The van der Waals surface area contributed by atoms with Crippen LogP contribution in [0.2, 0.25) is 0 Å². The molecule has 1 amide bonds. The Bertz CT molecular complexity index is 731. The van der Waals surface area contributed by atoms with Crippen molar-refractivity contribution in [1.82, 2.24) is 10.2 Å². The summed E-state index contributed by atoms with van der Waals surface area (Å²) in [6, 6.07) is 7.90. The van der Waals surface area contributed by atoms with Gasteiger partial charge in [-0.25, -0.2) is 4.39 Å². The molecule has 1 aliphatic carbocycles. The van der Waals surface area contributed by atoms with Crippen LogP contribution in [-0.2, 0) is 4.79 Å². The minimum absolute atomic E-state index is 0.0941. The fraction of sp³-hybridized carbons (Fsp3) is 0.667. The van der Waals surface area contributed by atoms with E-state index in [2.05, 4.69) is 21.2 Å². The van der Waals surface area contributed by atoms with Gasteiger partial charge >= 0.3 is 0 Å². The first-order valence-corrected chi connectivity index (χ1v) is 11.4. The molecule has 6 heteroatoms. The van der Waals surface area contributed by atoms with Crippen molar-refractivity contribution in [3.8, 4) is 6.07 Å². The zero-order valence-electron chi connectivity index (χ0n) is 18.2. The maximum atomic E-state index is 14.2. The monoisotopic (exact) mass is 414 g/mol. The Balaban J connectivity index is 1.31. The molecule has 1 aliphatic heterocycles. The molecule has 0 bridgehead atoms. The van der Waals surface area contributed by atoms with Gasteiger partial charge in [0.05, 0.1) is 11.8 Å². The molecule has 0 aromatic heterocycles. The number of halogens is 1. The number of anilines is 1. The third-order valence-electron chi connectivity index (χ3n) is 6.57. The van der Waals surface area contributed by atoms with Gasteiger partial charge in [-0.2, -0.15) is 5.26 Å². The molecule has 2 aliphatic rings. The Morgan fingerprint density at radius 3 is 2.60 bits per heavy atom. The van der Waals surface area contributed by atoms with Crippen LogP contribution in [0.25, 0.3) is 0 Å². The van der Waals surface area contributed by atoms with Gasteiger partial charge in [-0.1, -0.05) is 6.07 Å². The number of hydrogen-bond acceptors (Lipinski definition) is 4. The Hall–Kier alpha value is -2.13. The third kappa shape index (κ3) is 6.70. The minimum atomic E-state index is -0.114. The average molecular weight is 415 g/mol. The molecule has 1 aromatic carbocycles. The molecular weight excluding hydrogens is 379 g/mol. The van der Waals surface area contributed by atoms with Crippen molar-refractivity contribution in [3.05, 3.63) is 29.6 Å². The lowest BCUT2D eigenvalue weighted by Crippen LogP contribution is -2.47. The molecule has 1 heterocycles. The zero-order valence-corrected chi connectivity index (χ0v) is 18.2. The van der Waals surface area contributed by atoms with Crippen molar-refractivity contribution in [1.29, 1.82) is 5.26 Å². The van der Waals surface area contributed by atoms with Crippen LogP contribution < -0.4 is 10.2 Å². The number of nitriles is 1. The number of unbranched alkanes of at least 4 members (excludes halogenated alkanes) is 1. The van der Waals surface area contributed by atoms with Crippen LogP contribution in [0.15, 0.2) is 18.2 Å². The Kier molecular flexibility index (Phi) is 8.50. The predicted molar refractivity (Wildman–Crippen MR) is 118 cm³/mol. The smallest absolute Gasteiger partial charge is 0.220 e. The second-order valence-corrected chi connectivity index (χ2v) is 8.87. The van der Waals surface area contributed by atoms with Crippen molar-refractivity contribution < 1.29 is 9.18 Å². The van der Waals surface area contributed by atoms with E-state index in [-0.39, 0.29) is 11.7 Å². The van der Waals surface area contributed by atoms with E-state index < -0.39 is 0 Å². The molecule has 0 spiro atoms. The summed E-state index contributed by atoms with van der Waals surface area (Å²) in [5, 5.41) is 11.7. The highest BCUT2D eigenvalue weighted by atomic mass is 19.1. The molecule has 5 nitrogen and oxygen atoms in total. The van der Waals surface area contributed by atoms with Crippen LogP contribution in [-0.4, -0.2) is 49.6 Å². The first kappa shape index (κ1) is 22.6. The van der Waals surface area contributed by atoms with Gasteiger partial charge in [-0.05, 0) is 75.6 Å². The van der Waals surface area contributed by atoms with Gasteiger partial charge < -0.3 is 10.2 Å². The van der Waals surface area contributed by atoms with Crippen LogP contribution in [0.4, 0.5) is 10.1 Å². The Labute approximate surface area is 180 Å². The number of aryl methyl sites for hydroxylation is 1. The highest BCUT2D eigenvalue weighted by Crippen LogP contribution is 2.28. The first-order chi connectivity index (χ1) is 14.5. The van der Waals surface area contributed by atoms with E-state index in [9.17, 15) is 9.18 Å². The number of piperazine rings is 1. The van der Waals surface area contributed by atoms with Gasteiger partial charge in [0.15, 0.2) is 0 Å². The molecule has 3 rings (SSSR count). The molecule has 0 radical (unpaired) electrons. The second kappa shape index (κ2) is 11.3. The van der Waals surface area contributed by atoms with Crippen molar-refractivity contribution >= 4 is 11.6 Å². The van der Waals surface area contributed by atoms with Crippen LogP contribution >= 0.6 is 0 Å². The number of carbonyl (C=O) groups is 1. The Morgan fingerprint density at radius 1 is 1.20 bits per heavy atom. The Morgan fingerprint density at radius 2 is 1.93 bits per heavy atom. The molecule has 164 valence electrons. The summed E-state index contributed by atoms with van der Waals surface area (Å²) in [4.78, 5) is 16.6. The normalized spacial score (nSPS) is 22.5. The summed E-state index contributed by atoms with van der Waals surface area (Å²) in [5.74, 6) is 0.721. The highest BCUT2D eigenvalue weighted by molar-refractivity contribution is 5.76. The van der Waals surface area contributed by atoms with Crippen LogP contribution in [0.3, 0.4) is 0 Å². The minimum Gasteiger partial charge on any atom is -0.367 e. The predicted octanol–water partition coefficient (Wildman–Crippen LogP) is 4.02. The van der Waals surface area contributed by atoms with Crippen molar-refractivity contribution in [3.63, 3.8) is 0 Å². The van der Waals surface area contributed by atoms with Crippen LogP contribution in [0.5, 0.6) is 0 Å². The topological polar surface area (TPSA) is 59.4 Å². The average Bonchev–Trinajstić information content (AvgIpc) is 2.74. The summed E-state index contributed by atoms with van der Waals surface area (Å²) >= 11 is 0. The van der Waals surface area contributed by atoms with E-state index >= 15 is 0 Å². The second-order valence-electron chi connectivity index (χ2n) is 8.87. The molecule has 1 saturated heterocycles. The summed E-state index contributed by atoms with van der Waals surface area (Å²) in [6.45, 7) is 6.77. The van der Waals surface area contributed by atoms with E-state index in [0.29, 0.717) is 25.3 Å². The molecular formula is C24H35FN4O.